The van der Waals surface area contributed by atoms with Gasteiger partial charge in [-0.25, -0.2) is 0 Å². The summed E-state index contributed by atoms with van der Waals surface area (Å²) in [5, 5.41) is 0. The molecule has 1 aliphatic carbocycles. The largest absolute Gasteiger partial charge is 0.385 e. The standard InChI is InChI=1S/C16H22O2/c1-18-11-5-4-8-16(17)15-10-9-13-6-2-3-7-14(13)12-15/h2-3,6-7,15H,4-5,8-12H2,1H3. The first-order chi connectivity index (χ1) is 8.81. The summed E-state index contributed by atoms with van der Waals surface area (Å²) in [5.74, 6) is 0.697. The Labute approximate surface area is 109 Å². The molecule has 1 aromatic carbocycles. The van der Waals surface area contributed by atoms with Crippen LogP contribution in [0, 0.1) is 5.92 Å². The molecule has 1 unspecified atom stereocenters. The van der Waals surface area contributed by atoms with Crippen LogP contribution >= 0.6 is 0 Å². The summed E-state index contributed by atoms with van der Waals surface area (Å²) >= 11 is 0. The van der Waals surface area contributed by atoms with Crippen LogP contribution in [0.25, 0.3) is 0 Å². The molecule has 1 aromatic rings. The lowest BCUT2D eigenvalue weighted by atomic mass is 9.81. The topological polar surface area (TPSA) is 26.3 Å². The van der Waals surface area contributed by atoms with Gasteiger partial charge >= 0.3 is 0 Å². The molecule has 2 heteroatoms. The molecule has 0 aliphatic heterocycles. The van der Waals surface area contributed by atoms with Crippen LogP contribution in [-0.2, 0) is 22.4 Å². The monoisotopic (exact) mass is 246 g/mol. The molecule has 0 radical (unpaired) electrons. The molecule has 0 spiro atoms. The zero-order valence-corrected chi connectivity index (χ0v) is 11.2. The first-order valence-electron chi connectivity index (χ1n) is 6.89. The van der Waals surface area contributed by atoms with E-state index in [0.29, 0.717) is 5.78 Å². The lowest BCUT2D eigenvalue weighted by Crippen LogP contribution is -2.22. The third kappa shape index (κ3) is 3.42. The van der Waals surface area contributed by atoms with Crippen molar-refractivity contribution in [3.63, 3.8) is 0 Å². The number of Topliss-reactive ketones (excluding diaryl/α,β-unsaturated/α-hetero) is 1. The van der Waals surface area contributed by atoms with Crippen molar-refractivity contribution in [1.29, 1.82) is 0 Å². The van der Waals surface area contributed by atoms with Gasteiger partial charge in [-0.15, -0.1) is 0 Å². The Morgan fingerprint density at radius 2 is 2.06 bits per heavy atom. The van der Waals surface area contributed by atoms with Crippen molar-refractivity contribution in [3.8, 4) is 0 Å². The van der Waals surface area contributed by atoms with Crippen LogP contribution < -0.4 is 0 Å². The molecule has 1 atom stereocenters. The van der Waals surface area contributed by atoms with Crippen LogP contribution in [0.3, 0.4) is 0 Å². The van der Waals surface area contributed by atoms with Gasteiger partial charge in [0.05, 0.1) is 0 Å². The Morgan fingerprint density at radius 1 is 1.28 bits per heavy atom. The smallest absolute Gasteiger partial charge is 0.136 e. The zero-order chi connectivity index (χ0) is 12.8. The van der Waals surface area contributed by atoms with Crippen molar-refractivity contribution in [2.24, 2.45) is 5.92 Å². The van der Waals surface area contributed by atoms with E-state index in [1.807, 2.05) is 0 Å². The fraction of sp³-hybridized carbons (Fsp3) is 0.562. The molecule has 0 fully saturated rings. The molecule has 0 saturated heterocycles. The van der Waals surface area contributed by atoms with Crippen LogP contribution in [0.2, 0.25) is 0 Å². The molecular weight excluding hydrogens is 224 g/mol. The number of carbonyl (C=O) groups is 1. The summed E-state index contributed by atoms with van der Waals surface area (Å²) in [5.41, 5.74) is 2.81. The summed E-state index contributed by atoms with van der Waals surface area (Å²) in [6.07, 6.45) is 5.70. The van der Waals surface area contributed by atoms with Crippen molar-refractivity contribution in [1.82, 2.24) is 0 Å². The van der Waals surface area contributed by atoms with Gasteiger partial charge in [0.15, 0.2) is 0 Å². The second-order valence-corrected chi connectivity index (χ2v) is 5.12. The summed E-state index contributed by atoms with van der Waals surface area (Å²) in [4.78, 5) is 12.1. The Morgan fingerprint density at radius 3 is 2.83 bits per heavy atom. The van der Waals surface area contributed by atoms with Gasteiger partial charge in [0.25, 0.3) is 0 Å². The van der Waals surface area contributed by atoms with Gasteiger partial charge in [0, 0.05) is 26.1 Å². The normalized spacial score (nSPS) is 18.4. The molecule has 2 nitrogen and oxygen atoms in total. The van der Waals surface area contributed by atoms with E-state index in [-0.39, 0.29) is 5.92 Å². The maximum atomic E-state index is 12.1. The van der Waals surface area contributed by atoms with Gasteiger partial charge in [-0.2, -0.15) is 0 Å². The van der Waals surface area contributed by atoms with E-state index in [4.69, 9.17) is 4.74 Å². The lowest BCUT2D eigenvalue weighted by Gasteiger charge is -2.23. The van der Waals surface area contributed by atoms with Crippen LogP contribution in [-0.4, -0.2) is 19.5 Å². The van der Waals surface area contributed by atoms with Crippen molar-refractivity contribution in [2.45, 2.75) is 38.5 Å². The Hall–Kier alpha value is -1.15. The average Bonchev–Trinajstić information content (AvgIpc) is 2.43. The van der Waals surface area contributed by atoms with Gasteiger partial charge in [-0.05, 0) is 43.2 Å². The number of hydrogen-bond acceptors (Lipinski definition) is 2. The predicted molar refractivity (Wildman–Crippen MR) is 72.7 cm³/mol. The van der Waals surface area contributed by atoms with E-state index < -0.39 is 0 Å². The van der Waals surface area contributed by atoms with E-state index in [1.165, 1.54) is 11.1 Å². The van der Waals surface area contributed by atoms with E-state index in [9.17, 15) is 4.79 Å². The highest BCUT2D eigenvalue weighted by Crippen LogP contribution is 2.26. The Kier molecular flexibility index (Phi) is 4.94. The molecule has 0 N–H and O–H groups in total. The number of benzene rings is 1. The first-order valence-corrected chi connectivity index (χ1v) is 6.89. The van der Waals surface area contributed by atoms with Gasteiger partial charge in [0.2, 0.25) is 0 Å². The van der Waals surface area contributed by atoms with Gasteiger partial charge in [-0.1, -0.05) is 24.3 Å². The summed E-state index contributed by atoms with van der Waals surface area (Å²) < 4.78 is 5.00. The highest BCUT2D eigenvalue weighted by molar-refractivity contribution is 5.81. The summed E-state index contributed by atoms with van der Waals surface area (Å²) in [7, 11) is 1.71. The second kappa shape index (κ2) is 6.69. The zero-order valence-electron chi connectivity index (χ0n) is 11.2. The maximum Gasteiger partial charge on any atom is 0.136 e. The lowest BCUT2D eigenvalue weighted by molar-refractivity contribution is -0.123. The predicted octanol–water partition coefficient (Wildman–Crippen LogP) is 3.18. The Balaban J connectivity index is 1.83. The summed E-state index contributed by atoms with van der Waals surface area (Å²) in [6, 6.07) is 8.52. The van der Waals surface area contributed by atoms with Gasteiger partial charge < -0.3 is 4.74 Å². The average molecular weight is 246 g/mol. The van der Waals surface area contributed by atoms with Gasteiger partial charge in [0.1, 0.15) is 5.78 Å². The number of aryl methyl sites for hydroxylation is 1. The van der Waals surface area contributed by atoms with E-state index in [1.54, 1.807) is 7.11 Å². The molecule has 0 amide bonds. The number of carbonyl (C=O) groups excluding carboxylic acids is 1. The SMILES string of the molecule is COCCCCC(=O)C1CCc2ccccc2C1. The van der Waals surface area contributed by atoms with Crippen LogP contribution in [0.5, 0.6) is 0 Å². The highest BCUT2D eigenvalue weighted by atomic mass is 16.5. The van der Waals surface area contributed by atoms with Crippen LogP contribution in [0.15, 0.2) is 24.3 Å². The molecule has 0 heterocycles. The van der Waals surface area contributed by atoms with Crippen LogP contribution in [0.4, 0.5) is 0 Å². The molecule has 0 bridgehead atoms. The Bertz CT molecular complexity index is 398. The van der Waals surface area contributed by atoms with E-state index >= 15 is 0 Å². The minimum Gasteiger partial charge on any atom is -0.385 e. The first kappa shape index (κ1) is 13.3. The molecule has 98 valence electrons. The van der Waals surface area contributed by atoms with E-state index in [0.717, 1.165) is 45.1 Å². The number of ether oxygens (including phenoxy) is 1. The number of ketones is 1. The minimum atomic E-state index is 0.252. The van der Waals surface area contributed by atoms with Crippen molar-refractivity contribution in [3.05, 3.63) is 35.4 Å². The van der Waals surface area contributed by atoms with E-state index in [2.05, 4.69) is 24.3 Å². The highest BCUT2D eigenvalue weighted by Gasteiger charge is 2.23. The minimum absolute atomic E-state index is 0.252. The fourth-order valence-electron chi connectivity index (χ4n) is 2.72. The van der Waals surface area contributed by atoms with Crippen molar-refractivity contribution >= 4 is 5.78 Å². The molecule has 2 rings (SSSR count). The number of hydrogen-bond donors (Lipinski definition) is 0. The second-order valence-electron chi connectivity index (χ2n) is 5.12. The van der Waals surface area contributed by atoms with Crippen molar-refractivity contribution < 1.29 is 9.53 Å². The summed E-state index contributed by atoms with van der Waals surface area (Å²) in [6.45, 7) is 0.765. The number of rotatable bonds is 6. The number of fused-ring (bicyclic) bond motifs is 1. The third-order valence-electron chi connectivity index (χ3n) is 3.82. The molecule has 0 saturated carbocycles. The molecule has 18 heavy (non-hydrogen) atoms. The molecule has 0 aromatic heterocycles. The fourth-order valence-corrected chi connectivity index (χ4v) is 2.72. The molecule has 1 aliphatic rings. The quantitative estimate of drug-likeness (QED) is 0.721. The number of unbranched alkanes of at least 4 members (excludes halogenated alkanes) is 1. The third-order valence-corrected chi connectivity index (χ3v) is 3.82. The van der Waals surface area contributed by atoms with Crippen molar-refractivity contribution in [2.75, 3.05) is 13.7 Å². The molecular formula is C16H22O2. The number of methoxy groups -OCH3 is 1. The van der Waals surface area contributed by atoms with Crippen LogP contribution in [0.1, 0.15) is 36.8 Å². The van der Waals surface area contributed by atoms with Gasteiger partial charge in [-0.3, -0.25) is 4.79 Å². The maximum absolute atomic E-state index is 12.1.